The van der Waals surface area contributed by atoms with Crippen molar-refractivity contribution in [1.29, 1.82) is 0 Å². The van der Waals surface area contributed by atoms with Crippen molar-refractivity contribution in [3.8, 4) is 0 Å². The zero-order chi connectivity index (χ0) is 23.6. The maximum Gasteiger partial charge on any atom is 0.261 e. The van der Waals surface area contributed by atoms with E-state index in [1.54, 1.807) is 31.3 Å². The van der Waals surface area contributed by atoms with Gasteiger partial charge in [0.1, 0.15) is 0 Å². The Bertz CT molecular complexity index is 1400. The fourth-order valence-corrected chi connectivity index (χ4v) is 5.72. The van der Waals surface area contributed by atoms with Crippen LogP contribution in [0.1, 0.15) is 48.3 Å². The molecule has 0 unspecified atom stereocenters. The second kappa shape index (κ2) is 9.41. The Morgan fingerprint density at radius 2 is 1.79 bits per heavy atom. The number of carbonyl (C=O) groups is 1. The molecule has 4 aromatic rings. The number of nitrogens with zero attached hydrogens (tertiary/aromatic N) is 3. The molecule has 8 heteroatoms. The molecule has 2 aromatic carbocycles. The number of pyridine rings is 1. The second-order valence-corrected chi connectivity index (χ2v) is 11.2. The third-order valence-corrected chi connectivity index (χ3v) is 8.25. The van der Waals surface area contributed by atoms with Gasteiger partial charge in [-0.15, -0.1) is 0 Å². The van der Waals surface area contributed by atoms with Crippen LogP contribution in [0, 0.1) is 0 Å². The van der Waals surface area contributed by atoms with E-state index in [4.69, 9.17) is 4.98 Å². The number of rotatable bonds is 7. The largest absolute Gasteiger partial charge is 0.278 e. The van der Waals surface area contributed by atoms with Crippen LogP contribution in [0.4, 0.5) is 5.13 Å². The van der Waals surface area contributed by atoms with E-state index in [0.29, 0.717) is 10.8 Å². The molecule has 0 aliphatic rings. The van der Waals surface area contributed by atoms with Gasteiger partial charge in [0.2, 0.25) is 0 Å². The molecule has 2 aromatic heterocycles. The molecule has 0 radical (unpaired) electrons. The van der Waals surface area contributed by atoms with Crippen molar-refractivity contribution in [3.63, 3.8) is 0 Å². The highest BCUT2D eigenvalue weighted by molar-refractivity contribution is 7.91. The Morgan fingerprint density at radius 3 is 2.48 bits per heavy atom. The highest BCUT2D eigenvalue weighted by atomic mass is 32.2. The van der Waals surface area contributed by atoms with E-state index >= 15 is 0 Å². The fraction of sp³-hybridized carbons (Fsp3) is 0.240. The van der Waals surface area contributed by atoms with Crippen molar-refractivity contribution in [2.45, 2.75) is 38.1 Å². The molecule has 0 atom stereocenters. The Hall–Kier alpha value is -3.10. The Balaban J connectivity index is 1.87. The van der Waals surface area contributed by atoms with Crippen molar-refractivity contribution in [2.24, 2.45) is 0 Å². The van der Waals surface area contributed by atoms with Gasteiger partial charge in [-0.3, -0.25) is 14.7 Å². The number of benzene rings is 2. The van der Waals surface area contributed by atoms with E-state index in [-0.39, 0.29) is 28.7 Å². The predicted molar refractivity (Wildman–Crippen MR) is 133 cm³/mol. The second-order valence-electron chi connectivity index (χ2n) is 7.96. The SMILES string of the molecule is CCS(=O)(=O)c1ccccc1C(=O)N(Cc1ccccn1)c1nc2c(C(C)C)cccc2s1. The molecule has 4 rings (SSSR count). The molecule has 0 fully saturated rings. The number of hydrogen-bond donors (Lipinski definition) is 0. The van der Waals surface area contributed by atoms with Gasteiger partial charge >= 0.3 is 0 Å². The molecule has 6 nitrogen and oxygen atoms in total. The number of para-hydroxylation sites is 1. The molecule has 0 saturated carbocycles. The van der Waals surface area contributed by atoms with Gasteiger partial charge < -0.3 is 0 Å². The van der Waals surface area contributed by atoms with Gasteiger partial charge in [-0.25, -0.2) is 13.4 Å². The molecule has 0 bridgehead atoms. The zero-order valence-corrected chi connectivity index (χ0v) is 20.4. The van der Waals surface area contributed by atoms with Gasteiger partial charge in [0.25, 0.3) is 5.91 Å². The summed E-state index contributed by atoms with van der Waals surface area (Å²) in [5.74, 6) is -0.228. The first kappa shape index (κ1) is 23.1. The quantitative estimate of drug-likeness (QED) is 0.352. The molecule has 2 heterocycles. The zero-order valence-electron chi connectivity index (χ0n) is 18.7. The smallest absolute Gasteiger partial charge is 0.261 e. The third kappa shape index (κ3) is 4.67. The first-order chi connectivity index (χ1) is 15.8. The molecule has 0 saturated heterocycles. The van der Waals surface area contributed by atoms with Gasteiger partial charge in [-0.1, -0.05) is 62.4 Å². The Kier molecular flexibility index (Phi) is 6.58. The minimum absolute atomic E-state index is 0.0347. The summed E-state index contributed by atoms with van der Waals surface area (Å²) in [5.41, 5.74) is 2.79. The van der Waals surface area contributed by atoms with E-state index in [0.717, 1.165) is 15.8 Å². The summed E-state index contributed by atoms with van der Waals surface area (Å²) in [6.45, 7) is 5.97. The maximum atomic E-state index is 13.8. The normalized spacial score (nSPS) is 11.8. The highest BCUT2D eigenvalue weighted by Crippen LogP contribution is 2.35. The van der Waals surface area contributed by atoms with Crippen molar-refractivity contribution in [1.82, 2.24) is 9.97 Å². The summed E-state index contributed by atoms with van der Waals surface area (Å²) in [7, 11) is -3.59. The van der Waals surface area contributed by atoms with E-state index < -0.39 is 15.7 Å². The average Bonchev–Trinajstić information content (AvgIpc) is 3.26. The fourth-order valence-electron chi connectivity index (χ4n) is 3.63. The Morgan fingerprint density at radius 1 is 1.03 bits per heavy atom. The summed E-state index contributed by atoms with van der Waals surface area (Å²) in [6, 6.07) is 17.9. The minimum Gasteiger partial charge on any atom is -0.278 e. The molecule has 0 spiro atoms. The monoisotopic (exact) mass is 479 g/mol. The molecule has 33 heavy (non-hydrogen) atoms. The molecular formula is C25H25N3O3S2. The van der Waals surface area contributed by atoms with Crippen molar-refractivity contribution in [3.05, 3.63) is 83.7 Å². The maximum absolute atomic E-state index is 13.8. The van der Waals surface area contributed by atoms with Crippen LogP contribution in [0.15, 0.2) is 71.8 Å². The molecule has 0 N–H and O–H groups in total. The lowest BCUT2D eigenvalue weighted by atomic mass is 10.0. The predicted octanol–water partition coefficient (Wildman–Crippen LogP) is 5.46. The summed E-state index contributed by atoms with van der Waals surface area (Å²) >= 11 is 1.42. The standard InChI is InChI=1S/C25H25N3O3S2/c1-4-33(30,31)22-14-6-5-11-20(22)24(29)28(16-18-10-7-8-15-26-18)25-27-23-19(17(2)3)12-9-13-21(23)32-25/h5-15,17H,4,16H2,1-3H3. The summed E-state index contributed by atoms with van der Waals surface area (Å²) in [6.07, 6.45) is 1.67. The molecular weight excluding hydrogens is 454 g/mol. The van der Waals surface area contributed by atoms with Crippen LogP contribution in [-0.4, -0.2) is 30.0 Å². The van der Waals surface area contributed by atoms with Crippen molar-refractivity contribution in [2.75, 3.05) is 10.7 Å². The average molecular weight is 480 g/mol. The van der Waals surface area contributed by atoms with Gasteiger partial charge in [0.15, 0.2) is 15.0 Å². The first-order valence-corrected chi connectivity index (χ1v) is 13.2. The van der Waals surface area contributed by atoms with Crippen molar-refractivity contribution < 1.29 is 13.2 Å². The van der Waals surface area contributed by atoms with Crippen LogP contribution in [0.3, 0.4) is 0 Å². The van der Waals surface area contributed by atoms with Crippen LogP contribution in [0.25, 0.3) is 10.2 Å². The van der Waals surface area contributed by atoms with Gasteiger partial charge in [0.05, 0.1) is 38.7 Å². The van der Waals surface area contributed by atoms with Crippen LogP contribution in [0.5, 0.6) is 0 Å². The minimum atomic E-state index is -3.59. The Labute approximate surface area is 197 Å². The summed E-state index contributed by atoms with van der Waals surface area (Å²) in [5, 5.41) is 0.512. The number of fused-ring (bicyclic) bond motifs is 1. The lowest BCUT2D eigenvalue weighted by Gasteiger charge is -2.21. The van der Waals surface area contributed by atoms with Gasteiger partial charge in [-0.2, -0.15) is 0 Å². The van der Waals surface area contributed by atoms with Crippen LogP contribution in [0.2, 0.25) is 0 Å². The van der Waals surface area contributed by atoms with Gasteiger partial charge in [0, 0.05) is 6.20 Å². The number of anilines is 1. The number of carbonyl (C=O) groups excluding carboxylic acids is 1. The van der Waals surface area contributed by atoms with E-state index in [1.165, 1.54) is 22.3 Å². The molecule has 1 amide bonds. The first-order valence-electron chi connectivity index (χ1n) is 10.7. The van der Waals surface area contributed by atoms with E-state index in [2.05, 4.69) is 18.8 Å². The lowest BCUT2D eigenvalue weighted by Crippen LogP contribution is -2.32. The number of hydrogen-bond acceptors (Lipinski definition) is 6. The summed E-state index contributed by atoms with van der Waals surface area (Å²) < 4.78 is 26.4. The number of amides is 1. The van der Waals surface area contributed by atoms with Crippen LogP contribution < -0.4 is 4.90 Å². The van der Waals surface area contributed by atoms with E-state index in [9.17, 15) is 13.2 Å². The van der Waals surface area contributed by atoms with Crippen molar-refractivity contribution >= 4 is 42.4 Å². The lowest BCUT2D eigenvalue weighted by molar-refractivity contribution is 0.0981. The molecule has 170 valence electrons. The number of aromatic nitrogens is 2. The topological polar surface area (TPSA) is 80.2 Å². The van der Waals surface area contributed by atoms with Crippen LogP contribution in [-0.2, 0) is 16.4 Å². The third-order valence-electron chi connectivity index (χ3n) is 5.42. The van der Waals surface area contributed by atoms with Gasteiger partial charge in [-0.05, 0) is 41.8 Å². The molecule has 0 aliphatic carbocycles. The summed E-state index contributed by atoms with van der Waals surface area (Å²) in [4.78, 5) is 24.6. The van der Waals surface area contributed by atoms with E-state index in [1.807, 2.05) is 36.4 Å². The highest BCUT2D eigenvalue weighted by Gasteiger charge is 2.28. The van der Waals surface area contributed by atoms with Crippen LogP contribution >= 0.6 is 11.3 Å². The number of sulfone groups is 1. The number of thiazole rings is 1. The molecule has 0 aliphatic heterocycles.